The van der Waals surface area contributed by atoms with Gasteiger partial charge in [-0.15, -0.1) is 11.3 Å². The van der Waals surface area contributed by atoms with E-state index >= 15 is 0 Å². The minimum absolute atomic E-state index is 0.220. The molecule has 0 bridgehead atoms. The van der Waals surface area contributed by atoms with Crippen molar-refractivity contribution in [3.05, 3.63) is 74.7 Å². The fraction of sp³-hybridized carbons (Fsp3) is 0.367. The molecule has 9 heteroatoms. The summed E-state index contributed by atoms with van der Waals surface area (Å²) in [5.74, 6) is -4.03. The Kier molecular flexibility index (Phi) is 9.59. The number of aromatic nitrogens is 1. The van der Waals surface area contributed by atoms with E-state index in [4.69, 9.17) is 9.84 Å². The average molecular weight is 555 g/mol. The predicted molar refractivity (Wildman–Crippen MR) is 149 cm³/mol. The summed E-state index contributed by atoms with van der Waals surface area (Å²) < 4.78 is 34.8. The second-order valence-corrected chi connectivity index (χ2v) is 10.7. The van der Waals surface area contributed by atoms with Crippen molar-refractivity contribution in [2.45, 2.75) is 58.8 Å². The molecule has 1 heterocycles. The van der Waals surface area contributed by atoms with Gasteiger partial charge in [0.15, 0.2) is 5.13 Å². The molecule has 0 radical (unpaired) electrons. The minimum atomic E-state index is -1.29. The van der Waals surface area contributed by atoms with Crippen LogP contribution in [0.25, 0.3) is 17.3 Å². The smallest absolute Gasteiger partial charge is 0.331 e. The zero-order valence-corrected chi connectivity index (χ0v) is 22.9. The summed E-state index contributed by atoms with van der Waals surface area (Å²) in [6, 6.07) is 8.00. The highest BCUT2D eigenvalue weighted by Gasteiger charge is 2.24. The van der Waals surface area contributed by atoms with Gasteiger partial charge in [-0.2, -0.15) is 0 Å². The van der Waals surface area contributed by atoms with E-state index in [0.717, 1.165) is 79.7 Å². The van der Waals surface area contributed by atoms with Crippen LogP contribution in [-0.2, 0) is 28.8 Å². The summed E-state index contributed by atoms with van der Waals surface area (Å²) in [6.45, 7) is 4.96. The molecule has 39 heavy (non-hydrogen) atoms. The number of amides is 1. The molecular weight excluding hydrogens is 522 g/mol. The van der Waals surface area contributed by atoms with Gasteiger partial charge in [-0.05, 0) is 68.4 Å². The van der Waals surface area contributed by atoms with Crippen LogP contribution in [0.3, 0.4) is 0 Å². The third-order valence-corrected chi connectivity index (χ3v) is 7.75. The van der Waals surface area contributed by atoms with Gasteiger partial charge in [-0.1, -0.05) is 38.0 Å². The van der Waals surface area contributed by atoms with E-state index in [0.29, 0.717) is 5.13 Å². The van der Waals surface area contributed by atoms with Crippen LogP contribution in [0.5, 0.6) is 0 Å². The zero-order valence-electron chi connectivity index (χ0n) is 22.1. The van der Waals surface area contributed by atoms with Crippen LogP contribution >= 0.6 is 11.3 Å². The van der Waals surface area contributed by atoms with E-state index in [9.17, 15) is 18.4 Å². The van der Waals surface area contributed by atoms with Gasteiger partial charge < -0.3 is 9.84 Å². The lowest BCUT2D eigenvalue weighted by molar-refractivity contribution is -0.132. The molecule has 1 aliphatic rings. The Balaban J connectivity index is 1.45. The molecule has 1 aromatic heterocycles. The van der Waals surface area contributed by atoms with Gasteiger partial charge in [-0.25, -0.2) is 18.6 Å². The lowest BCUT2D eigenvalue weighted by Crippen LogP contribution is -2.13. The Morgan fingerprint density at radius 2 is 1.87 bits per heavy atom. The summed E-state index contributed by atoms with van der Waals surface area (Å²) in [7, 11) is 0. The Hall–Kier alpha value is -3.43. The van der Waals surface area contributed by atoms with Gasteiger partial charge in [0.2, 0.25) is 0 Å². The quantitative estimate of drug-likeness (QED) is 0.185. The summed E-state index contributed by atoms with van der Waals surface area (Å²) >= 11 is 1.36. The van der Waals surface area contributed by atoms with Crippen LogP contribution in [-0.4, -0.2) is 35.2 Å². The molecule has 6 nitrogen and oxygen atoms in total. The minimum Gasteiger partial charge on any atom is -0.478 e. The molecule has 3 aromatic rings. The maximum atomic E-state index is 14.5. The molecule has 0 atom stereocenters. The number of benzene rings is 2. The standard InChI is InChI=1S/C30H32F2N2O4S/c1-3-4-5-13-38-14-7-9-19-8-6-10-22-21(19)11-12-26-27(22)33-30(39-26)34-28(35)20-16-24(31)23(25(32)17-20)15-18(2)29(36)37/h6,8,10,15-17H,3-5,7,9,11-14H2,1-2H3,(H,36,37)(H,33,34,35). The van der Waals surface area contributed by atoms with Gasteiger partial charge in [0.05, 0.1) is 5.69 Å². The number of aryl methyl sites for hydroxylation is 2. The largest absolute Gasteiger partial charge is 0.478 e. The normalized spacial score (nSPS) is 12.7. The van der Waals surface area contributed by atoms with Crippen LogP contribution in [0.1, 0.15) is 71.5 Å². The molecule has 1 amide bonds. The highest BCUT2D eigenvalue weighted by Crippen LogP contribution is 2.39. The molecule has 0 saturated heterocycles. The molecule has 2 N–H and O–H groups in total. The first-order valence-corrected chi connectivity index (χ1v) is 14.0. The second kappa shape index (κ2) is 13.1. The summed E-state index contributed by atoms with van der Waals surface area (Å²) in [5.41, 5.74) is 3.48. The number of unbranched alkanes of at least 4 members (excludes halogenated alkanes) is 2. The number of carboxylic acid groups (broad SMARTS) is 1. The summed E-state index contributed by atoms with van der Waals surface area (Å²) in [6.07, 6.45) is 7.93. The number of aliphatic carboxylic acids is 1. The molecule has 4 rings (SSSR count). The number of nitrogens with zero attached hydrogens (tertiary/aromatic N) is 1. The highest BCUT2D eigenvalue weighted by molar-refractivity contribution is 7.16. The van der Waals surface area contributed by atoms with Crippen molar-refractivity contribution in [1.29, 1.82) is 0 Å². The fourth-order valence-electron chi connectivity index (χ4n) is 4.63. The number of thiazole rings is 1. The average Bonchev–Trinajstić information content (AvgIpc) is 3.32. The molecule has 1 aliphatic carbocycles. The highest BCUT2D eigenvalue weighted by atomic mass is 32.1. The van der Waals surface area contributed by atoms with E-state index in [1.165, 1.54) is 42.2 Å². The Bertz CT molecular complexity index is 1380. The van der Waals surface area contributed by atoms with Crippen molar-refractivity contribution in [1.82, 2.24) is 4.98 Å². The van der Waals surface area contributed by atoms with Crippen molar-refractivity contribution >= 4 is 34.4 Å². The van der Waals surface area contributed by atoms with Crippen LogP contribution in [0.15, 0.2) is 35.9 Å². The van der Waals surface area contributed by atoms with Crippen LogP contribution in [0.2, 0.25) is 0 Å². The molecular formula is C30H32F2N2O4S. The van der Waals surface area contributed by atoms with Crippen molar-refractivity contribution in [3.8, 4) is 11.3 Å². The fourth-order valence-corrected chi connectivity index (χ4v) is 5.60. The number of anilines is 1. The number of hydrogen-bond acceptors (Lipinski definition) is 5. The van der Waals surface area contributed by atoms with Crippen molar-refractivity contribution < 1.29 is 28.2 Å². The number of carbonyl (C=O) groups is 2. The molecule has 0 aliphatic heterocycles. The number of carboxylic acids is 1. The van der Waals surface area contributed by atoms with Crippen LogP contribution in [0, 0.1) is 11.6 Å². The Morgan fingerprint density at radius 1 is 1.13 bits per heavy atom. The van der Waals surface area contributed by atoms with Crippen molar-refractivity contribution in [2.24, 2.45) is 0 Å². The zero-order chi connectivity index (χ0) is 27.9. The van der Waals surface area contributed by atoms with Crippen LogP contribution < -0.4 is 5.32 Å². The van der Waals surface area contributed by atoms with Crippen molar-refractivity contribution in [3.63, 3.8) is 0 Å². The summed E-state index contributed by atoms with van der Waals surface area (Å²) in [5, 5.41) is 12.0. The van der Waals surface area contributed by atoms with Gasteiger partial charge in [0.25, 0.3) is 5.91 Å². The lowest BCUT2D eigenvalue weighted by Gasteiger charge is -2.18. The van der Waals surface area contributed by atoms with Gasteiger partial charge in [-0.3, -0.25) is 10.1 Å². The van der Waals surface area contributed by atoms with Crippen LogP contribution in [0.4, 0.5) is 13.9 Å². The van der Waals surface area contributed by atoms with E-state index in [1.807, 2.05) is 12.1 Å². The predicted octanol–water partition coefficient (Wildman–Crippen LogP) is 7.07. The molecule has 0 saturated carbocycles. The molecule has 0 unspecified atom stereocenters. The first-order valence-electron chi connectivity index (χ1n) is 13.2. The maximum absolute atomic E-state index is 14.5. The molecule has 0 fully saturated rings. The van der Waals surface area contributed by atoms with Gasteiger partial charge in [0, 0.05) is 40.4 Å². The van der Waals surface area contributed by atoms with Gasteiger partial charge >= 0.3 is 5.97 Å². The Labute approximate surface area is 230 Å². The van der Waals surface area contributed by atoms with Gasteiger partial charge in [0.1, 0.15) is 11.6 Å². The first-order chi connectivity index (χ1) is 18.8. The SMILES string of the molecule is CCCCCOCCCc1cccc2c1CCc1sc(NC(=O)c3cc(F)c(C=C(C)C(=O)O)c(F)c3)nc1-2. The lowest BCUT2D eigenvalue weighted by atomic mass is 9.88. The van der Waals surface area contributed by atoms with E-state index in [1.54, 1.807) is 0 Å². The number of carbonyl (C=O) groups excluding carboxylic acids is 1. The number of fused-ring (bicyclic) bond motifs is 3. The molecule has 2 aromatic carbocycles. The van der Waals surface area contributed by atoms with E-state index in [-0.39, 0.29) is 11.1 Å². The Morgan fingerprint density at radius 3 is 2.59 bits per heavy atom. The van der Waals surface area contributed by atoms with E-state index in [2.05, 4.69) is 23.3 Å². The monoisotopic (exact) mass is 554 g/mol. The number of ether oxygens (including phenoxy) is 1. The first kappa shape index (κ1) is 28.6. The third kappa shape index (κ3) is 6.96. The topological polar surface area (TPSA) is 88.5 Å². The second-order valence-electron chi connectivity index (χ2n) is 9.60. The van der Waals surface area contributed by atoms with Crippen molar-refractivity contribution in [2.75, 3.05) is 18.5 Å². The number of rotatable bonds is 12. The third-order valence-electron chi connectivity index (χ3n) is 6.71. The summed E-state index contributed by atoms with van der Waals surface area (Å²) in [4.78, 5) is 29.5. The number of halogens is 2. The number of nitrogens with one attached hydrogen (secondary N) is 1. The van der Waals surface area contributed by atoms with E-state index < -0.39 is 29.1 Å². The molecule has 0 spiro atoms. The number of hydrogen-bond donors (Lipinski definition) is 2. The molecule has 206 valence electrons. The maximum Gasteiger partial charge on any atom is 0.331 e.